The normalized spacial score (nSPS) is 17.3. The van der Waals surface area contributed by atoms with Gasteiger partial charge in [0.05, 0.1) is 18.2 Å². The molecule has 0 unspecified atom stereocenters. The van der Waals surface area contributed by atoms with E-state index < -0.39 is 17.7 Å². The first-order chi connectivity index (χ1) is 16.8. The van der Waals surface area contributed by atoms with E-state index in [-0.39, 0.29) is 11.3 Å². The molecule has 0 radical (unpaired) electrons. The molecule has 1 fully saturated rings. The minimum absolute atomic E-state index is 0.0413. The van der Waals surface area contributed by atoms with Gasteiger partial charge in [-0.3, -0.25) is 14.5 Å². The van der Waals surface area contributed by atoms with Crippen LogP contribution in [0.5, 0.6) is 5.75 Å². The summed E-state index contributed by atoms with van der Waals surface area (Å²) in [7, 11) is 0. The van der Waals surface area contributed by atoms with E-state index in [0.717, 1.165) is 28.9 Å². The number of hydrogen-bond acceptors (Lipinski definition) is 5. The van der Waals surface area contributed by atoms with Gasteiger partial charge in [0.2, 0.25) is 0 Å². The number of hydrogen-bond donors (Lipinski definition) is 1. The molecule has 2 aromatic carbocycles. The van der Waals surface area contributed by atoms with Crippen molar-refractivity contribution in [3.8, 4) is 5.75 Å². The lowest BCUT2D eigenvalue weighted by Crippen LogP contribution is -2.30. The molecule has 3 aromatic rings. The van der Waals surface area contributed by atoms with Crippen LogP contribution in [-0.4, -0.2) is 28.4 Å². The lowest BCUT2D eigenvalue weighted by molar-refractivity contribution is -0.132. The number of amides is 1. The maximum atomic E-state index is 13.3. The number of anilines is 1. The van der Waals surface area contributed by atoms with Gasteiger partial charge in [-0.15, -0.1) is 0 Å². The van der Waals surface area contributed by atoms with Gasteiger partial charge in [-0.05, 0) is 66.3 Å². The molecular weight excluding hydrogens is 440 g/mol. The molecule has 0 bridgehead atoms. The van der Waals surface area contributed by atoms with Crippen molar-refractivity contribution in [2.45, 2.75) is 46.1 Å². The molecule has 1 aliphatic rings. The largest absolute Gasteiger partial charge is 0.507 e. The number of carbonyl (C=O) groups excluding carboxylic acids is 2. The zero-order chi connectivity index (χ0) is 25.1. The fourth-order valence-electron chi connectivity index (χ4n) is 4.27. The van der Waals surface area contributed by atoms with Crippen LogP contribution in [0.3, 0.4) is 0 Å². The van der Waals surface area contributed by atoms with Gasteiger partial charge < -0.3 is 9.84 Å². The fourth-order valence-corrected chi connectivity index (χ4v) is 4.27. The van der Waals surface area contributed by atoms with E-state index in [2.05, 4.69) is 18.8 Å². The van der Waals surface area contributed by atoms with Crippen LogP contribution in [-0.2, 0) is 9.59 Å². The molecule has 6 heteroatoms. The third-order valence-electron chi connectivity index (χ3n) is 6.17. The third-order valence-corrected chi connectivity index (χ3v) is 6.17. The third kappa shape index (κ3) is 4.69. The van der Waals surface area contributed by atoms with Crippen LogP contribution in [0, 0.1) is 6.92 Å². The van der Waals surface area contributed by atoms with E-state index >= 15 is 0 Å². The summed E-state index contributed by atoms with van der Waals surface area (Å²) in [5, 5.41) is 11.4. The van der Waals surface area contributed by atoms with Gasteiger partial charge in [-0.1, -0.05) is 51.1 Å². The molecule has 35 heavy (non-hydrogen) atoms. The summed E-state index contributed by atoms with van der Waals surface area (Å²) in [5.41, 5.74) is 3.19. The van der Waals surface area contributed by atoms with E-state index in [9.17, 15) is 14.7 Å². The number of aryl methyl sites for hydroxylation is 1. The second-order valence-corrected chi connectivity index (χ2v) is 9.01. The molecule has 1 aromatic heterocycles. The quantitative estimate of drug-likeness (QED) is 0.263. The molecule has 1 aliphatic heterocycles. The predicted octanol–water partition coefficient (Wildman–Crippen LogP) is 5.93. The Morgan fingerprint density at radius 2 is 1.83 bits per heavy atom. The van der Waals surface area contributed by atoms with Crippen molar-refractivity contribution in [1.29, 1.82) is 0 Å². The highest BCUT2D eigenvalue weighted by Gasteiger charge is 2.47. The molecule has 0 saturated carbocycles. The fraction of sp³-hybridized carbons (Fsp3) is 0.276. The standard InChI is InChI=1S/C29H30N2O4/c1-5-16-35-23-14-13-22(17-19(23)4)27(32)25-26(21-11-9-20(10-12-21)18(2)3)31(29(34)28(25)33)24-8-6-7-15-30-24/h6-15,17-18,26,32H,5,16H2,1-4H3/t26-/m0/s1. The number of Topliss-reactive ketones (excluding diaryl/α,β-unsaturated/α-hetero) is 1. The van der Waals surface area contributed by atoms with Crippen LogP contribution in [0.4, 0.5) is 5.82 Å². The van der Waals surface area contributed by atoms with Gasteiger partial charge in [0.25, 0.3) is 5.78 Å². The average molecular weight is 471 g/mol. The predicted molar refractivity (Wildman–Crippen MR) is 137 cm³/mol. The molecular formula is C29H30N2O4. The summed E-state index contributed by atoms with van der Waals surface area (Å²) >= 11 is 0. The molecule has 1 atom stereocenters. The number of aliphatic hydroxyl groups excluding tert-OH is 1. The van der Waals surface area contributed by atoms with Crippen LogP contribution in [0.1, 0.15) is 61.4 Å². The number of ether oxygens (including phenoxy) is 1. The Hall–Kier alpha value is -3.93. The summed E-state index contributed by atoms with van der Waals surface area (Å²) in [5.74, 6) is -0.269. The topological polar surface area (TPSA) is 79.7 Å². The Balaban J connectivity index is 1.86. The Morgan fingerprint density at radius 3 is 2.43 bits per heavy atom. The minimum Gasteiger partial charge on any atom is -0.507 e. The number of pyridine rings is 1. The summed E-state index contributed by atoms with van der Waals surface area (Å²) in [6.45, 7) is 8.71. The molecule has 0 aliphatic carbocycles. The first kappa shape index (κ1) is 24.2. The molecule has 1 saturated heterocycles. The molecule has 1 N–H and O–H groups in total. The molecule has 6 nitrogen and oxygen atoms in total. The van der Waals surface area contributed by atoms with E-state index in [4.69, 9.17) is 4.74 Å². The zero-order valence-electron chi connectivity index (χ0n) is 20.5. The number of nitrogens with zero attached hydrogens (tertiary/aromatic N) is 2. The SMILES string of the molecule is CCCOc1ccc(C(O)=C2C(=O)C(=O)N(c3ccccn3)[C@H]2c2ccc(C(C)C)cc2)cc1C. The Bertz CT molecular complexity index is 1260. The summed E-state index contributed by atoms with van der Waals surface area (Å²) in [6.07, 6.45) is 2.46. The number of benzene rings is 2. The highest BCUT2D eigenvalue weighted by molar-refractivity contribution is 6.51. The highest BCUT2D eigenvalue weighted by Crippen LogP contribution is 2.42. The summed E-state index contributed by atoms with van der Waals surface area (Å²) in [6, 6.07) is 17.4. The molecule has 180 valence electrons. The maximum Gasteiger partial charge on any atom is 0.301 e. The van der Waals surface area contributed by atoms with Gasteiger partial charge in [0.1, 0.15) is 17.3 Å². The average Bonchev–Trinajstić information content (AvgIpc) is 3.13. The van der Waals surface area contributed by atoms with Crippen molar-refractivity contribution in [2.24, 2.45) is 0 Å². The van der Waals surface area contributed by atoms with Gasteiger partial charge in [0, 0.05) is 11.8 Å². The van der Waals surface area contributed by atoms with Gasteiger partial charge in [0.15, 0.2) is 0 Å². The minimum atomic E-state index is -0.803. The van der Waals surface area contributed by atoms with E-state index in [1.54, 1.807) is 42.6 Å². The second kappa shape index (κ2) is 10.1. The van der Waals surface area contributed by atoms with Crippen molar-refractivity contribution < 1.29 is 19.4 Å². The van der Waals surface area contributed by atoms with Crippen LogP contribution < -0.4 is 9.64 Å². The number of carbonyl (C=O) groups is 2. The number of rotatable bonds is 7. The van der Waals surface area contributed by atoms with Crippen LogP contribution >= 0.6 is 0 Å². The Labute approximate surface area is 205 Å². The molecule has 0 spiro atoms. The zero-order valence-corrected chi connectivity index (χ0v) is 20.5. The smallest absolute Gasteiger partial charge is 0.301 e. The lowest BCUT2D eigenvalue weighted by Gasteiger charge is -2.24. The molecule has 2 heterocycles. The van der Waals surface area contributed by atoms with Crippen LogP contribution in [0.2, 0.25) is 0 Å². The van der Waals surface area contributed by atoms with Crippen molar-refractivity contribution >= 4 is 23.3 Å². The number of ketones is 1. The number of aromatic nitrogens is 1. The van der Waals surface area contributed by atoms with Crippen LogP contribution in [0.15, 0.2) is 72.4 Å². The van der Waals surface area contributed by atoms with Crippen molar-refractivity contribution in [3.05, 3.63) is 94.7 Å². The summed E-state index contributed by atoms with van der Waals surface area (Å²) in [4.78, 5) is 32.2. The Morgan fingerprint density at radius 1 is 1.09 bits per heavy atom. The van der Waals surface area contributed by atoms with Gasteiger partial charge >= 0.3 is 5.91 Å². The Kier molecular flexibility index (Phi) is 7.01. The highest BCUT2D eigenvalue weighted by atomic mass is 16.5. The van der Waals surface area contributed by atoms with Crippen molar-refractivity contribution in [1.82, 2.24) is 4.98 Å². The second-order valence-electron chi connectivity index (χ2n) is 9.01. The lowest BCUT2D eigenvalue weighted by atomic mass is 9.93. The van der Waals surface area contributed by atoms with Gasteiger partial charge in [-0.2, -0.15) is 0 Å². The molecule has 4 rings (SSSR count). The first-order valence-corrected chi connectivity index (χ1v) is 11.9. The van der Waals surface area contributed by atoms with Crippen LogP contribution in [0.25, 0.3) is 5.76 Å². The van der Waals surface area contributed by atoms with E-state index in [0.29, 0.717) is 23.9 Å². The van der Waals surface area contributed by atoms with Crippen molar-refractivity contribution in [3.63, 3.8) is 0 Å². The van der Waals surface area contributed by atoms with E-state index in [1.165, 1.54) is 4.90 Å². The first-order valence-electron chi connectivity index (χ1n) is 11.9. The monoisotopic (exact) mass is 470 g/mol. The molecule has 1 amide bonds. The maximum absolute atomic E-state index is 13.3. The van der Waals surface area contributed by atoms with Crippen molar-refractivity contribution in [2.75, 3.05) is 11.5 Å². The van der Waals surface area contributed by atoms with E-state index in [1.807, 2.05) is 38.1 Å². The number of aliphatic hydroxyl groups is 1. The van der Waals surface area contributed by atoms with Gasteiger partial charge in [-0.25, -0.2) is 4.98 Å². The summed E-state index contributed by atoms with van der Waals surface area (Å²) < 4.78 is 5.74.